The SMILES string of the molecule is CCNC(=NCC(C)(C)N1CCOCC1)NCCNC(=O)c1ccccc1O. The molecular weight excluding hydrogens is 358 g/mol. The Labute approximate surface area is 167 Å². The molecular formula is C20H33N5O3. The molecule has 1 aliphatic rings. The Morgan fingerprint density at radius 2 is 1.86 bits per heavy atom. The minimum absolute atomic E-state index is 0.0202. The third kappa shape index (κ3) is 6.69. The first-order valence-corrected chi connectivity index (χ1v) is 9.85. The number of nitrogens with one attached hydrogen (secondary N) is 3. The first-order valence-electron chi connectivity index (χ1n) is 9.85. The number of phenolic OH excluding ortho intramolecular Hbond substituents is 1. The first kappa shape index (κ1) is 22.0. The summed E-state index contributed by atoms with van der Waals surface area (Å²) in [4.78, 5) is 19.2. The highest BCUT2D eigenvalue weighted by molar-refractivity contribution is 5.96. The topological polar surface area (TPSA) is 98.2 Å². The summed E-state index contributed by atoms with van der Waals surface area (Å²) in [5.74, 6) is 0.407. The summed E-state index contributed by atoms with van der Waals surface area (Å²) in [7, 11) is 0. The number of carbonyl (C=O) groups is 1. The minimum atomic E-state index is -0.296. The van der Waals surface area contributed by atoms with Gasteiger partial charge in [0.15, 0.2) is 5.96 Å². The Morgan fingerprint density at radius 1 is 1.18 bits per heavy atom. The number of amides is 1. The third-order valence-corrected chi connectivity index (χ3v) is 4.69. The van der Waals surface area contributed by atoms with Crippen molar-refractivity contribution < 1.29 is 14.6 Å². The Kier molecular flexibility index (Phi) is 8.53. The van der Waals surface area contributed by atoms with Gasteiger partial charge in [-0.05, 0) is 32.9 Å². The van der Waals surface area contributed by atoms with Gasteiger partial charge in [-0.1, -0.05) is 12.1 Å². The zero-order valence-electron chi connectivity index (χ0n) is 17.1. The van der Waals surface area contributed by atoms with E-state index in [9.17, 15) is 9.90 Å². The monoisotopic (exact) mass is 391 g/mol. The zero-order chi connectivity index (χ0) is 20.4. The van der Waals surface area contributed by atoms with Crippen LogP contribution in [0, 0.1) is 0 Å². The molecule has 0 radical (unpaired) electrons. The van der Waals surface area contributed by atoms with Gasteiger partial charge in [0, 0.05) is 38.3 Å². The average Bonchev–Trinajstić information content (AvgIpc) is 2.70. The van der Waals surface area contributed by atoms with Crippen molar-refractivity contribution in [2.45, 2.75) is 26.3 Å². The number of rotatable bonds is 8. The van der Waals surface area contributed by atoms with Gasteiger partial charge in [-0.25, -0.2) is 0 Å². The highest BCUT2D eigenvalue weighted by Crippen LogP contribution is 2.16. The van der Waals surface area contributed by atoms with Crippen molar-refractivity contribution in [3.05, 3.63) is 29.8 Å². The number of aromatic hydroxyl groups is 1. The first-order chi connectivity index (χ1) is 13.4. The molecule has 0 saturated carbocycles. The molecule has 1 saturated heterocycles. The van der Waals surface area contributed by atoms with Crippen LogP contribution >= 0.6 is 0 Å². The maximum absolute atomic E-state index is 12.1. The number of carbonyl (C=O) groups excluding carboxylic acids is 1. The van der Waals surface area contributed by atoms with Crippen LogP contribution in [0.4, 0.5) is 0 Å². The van der Waals surface area contributed by atoms with Crippen LogP contribution in [0.25, 0.3) is 0 Å². The summed E-state index contributed by atoms with van der Waals surface area (Å²) in [6, 6.07) is 6.50. The van der Waals surface area contributed by atoms with Crippen LogP contribution in [-0.2, 0) is 4.74 Å². The maximum atomic E-state index is 12.1. The van der Waals surface area contributed by atoms with Crippen molar-refractivity contribution in [2.75, 3.05) is 52.5 Å². The molecule has 1 fully saturated rings. The van der Waals surface area contributed by atoms with E-state index in [-0.39, 0.29) is 22.8 Å². The van der Waals surface area contributed by atoms with Crippen molar-refractivity contribution in [1.29, 1.82) is 0 Å². The zero-order valence-corrected chi connectivity index (χ0v) is 17.1. The largest absolute Gasteiger partial charge is 0.507 e. The molecule has 2 rings (SSSR count). The molecule has 8 nitrogen and oxygen atoms in total. The number of phenols is 1. The van der Waals surface area contributed by atoms with E-state index in [0.717, 1.165) is 38.8 Å². The predicted octanol–water partition coefficient (Wildman–Crippen LogP) is 0.788. The van der Waals surface area contributed by atoms with E-state index in [0.29, 0.717) is 19.6 Å². The molecule has 1 heterocycles. The van der Waals surface area contributed by atoms with E-state index in [4.69, 9.17) is 9.73 Å². The average molecular weight is 392 g/mol. The Hall–Kier alpha value is -2.32. The van der Waals surface area contributed by atoms with E-state index in [1.807, 2.05) is 6.92 Å². The standard InChI is InChI=1S/C20H33N5O3/c1-4-21-19(24-15-20(2,3)25-11-13-28-14-12-25)23-10-9-22-18(27)16-7-5-6-8-17(16)26/h5-8,26H,4,9-15H2,1-3H3,(H,22,27)(H2,21,23,24). The second kappa shape index (κ2) is 10.9. The normalized spacial score (nSPS) is 15.9. The number of morpholine rings is 1. The smallest absolute Gasteiger partial charge is 0.255 e. The fourth-order valence-electron chi connectivity index (χ4n) is 3.00. The predicted molar refractivity (Wildman–Crippen MR) is 111 cm³/mol. The van der Waals surface area contributed by atoms with Gasteiger partial charge >= 0.3 is 0 Å². The van der Waals surface area contributed by atoms with Crippen molar-refractivity contribution in [1.82, 2.24) is 20.9 Å². The lowest BCUT2D eigenvalue weighted by atomic mass is 10.0. The van der Waals surface area contributed by atoms with E-state index in [1.54, 1.807) is 18.2 Å². The van der Waals surface area contributed by atoms with Gasteiger partial charge in [0.05, 0.1) is 25.3 Å². The Bertz CT molecular complexity index is 657. The molecule has 0 unspecified atom stereocenters. The van der Waals surface area contributed by atoms with Gasteiger partial charge in [0.25, 0.3) is 5.91 Å². The van der Waals surface area contributed by atoms with Gasteiger partial charge in [0.2, 0.25) is 0 Å². The number of nitrogens with zero attached hydrogens (tertiary/aromatic N) is 2. The van der Waals surface area contributed by atoms with Crippen LogP contribution < -0.4 is 16.0 Å². The van der Waals surface area contributed by atoms with Crippen LogP contribution in [-0.4, -0.2) is 79.9 Å². The fraction of sp³-hybridized carbons (Fsp3) is 0.600. The molecule has 0 spiro atoms. The summed E-state index contributed by atoms with van der Waals surface area (Å²) in [5.41, 5.74) is 0.223. The highest BCUT2D eigenvalue weighted by Gasteiger charge is 2.28. The maximum Gasteiger partial charge on any atom is 0.255 e. The van der Waals surface area contributed by atoms with Crippen LogP contribution in [0.2, 0.25) is 0 Å². The number of guanidine groups is 1. The molecule has 4 N–H and O–H groups in total. The van der Waals surface area contributed by atoms with Crippen LogP contribution in [0.1, 0.15) is 31.1 Å². The molecule has 0 bridgehead atoms. The Morgan fingerprint density at radius 3 is 2.54 bits per heavy atom. The van der Waals surface area contributed by atoms with Gasteiger partial charge in [-0.2, -0.15) is 0 Å². The third-order valence-electron chi connectivity index (χ3n) is 4.69. The van der Waals surface area contributed by atoms with Crippen LogP contribution in [0.15, 0.2) is 29.3 Å². The number of para-hydroxylation sites is 1. The van der Waals surface area contributed by atoms with Crippen molar-refractivity contribution >= 4 is 11.9 Å². The Balaban J connectivity index is 1.80. The fourth-order valence-corrected chi connectivity index (χ4v) is 3.00. The highest BCUT2D eigenvalue weighted by atomic mass is 16.5. The lowest BCUT2D eigenvalue weighted by Crippen LogP contribution is -2.52. The molecule has 0 aromatic heterocycles. The quantitative estimate of drug-likeness (QED) is 0.297. The second-order valence-corrected chi connectivity index (χ2v) is 7.31. The molecule has 156 valence electrons. The van der Waals surface area contributed by atoms with E-state index >= 15 is 0 Å². The summed E-state index contributed by atoms with van der Waals surface area (Å²) in [6.45, 7) is 12.1. The summed E-state index contributed by atoms with van der Waals surface area (Å²) in [5, 5.41) is 19.0. The van der Waals surface area contributed by atoms with E-state index < -0.39 is 0 Å². The summed E-state index contributed by atoms with van der Waals surface area (Å²) in [6.07, 6.45) is 0. The molecule has 1 aromatic rings. The molecule has 0 aliphatic carbocycles. The molecule has 1 amide bonds. The molecule has 8 heteroatoms. The van der Waals surface area contributed by atoms with Gasteiger partial charge < -0.3 is 25.8 Å². The molecule has 1 aromatic carbocycles. The number of ether oxygens (including phenoxy) is 1. The lowest BCUT2D eigenvalue weighted by molar-refractivity contribution is -0.00683. The van der Waals surface area contributed by atoms with Gasteiger partial charge in [-0.15, -0.1) is 0 Å². The van der Waals surface area contributed by atoms with E-state index in [1.165, 1.54) is 6.07 Å². The second-order valence-electron chi connectivity index (χ2n) is 7.31. The van der Waals surface area contributed by atoms with Crippen molar-refractivity contribution in [3.63, 3.8) is 0 Å². The summed E-state index contributed by atoms with van der Waals surface area (Å²) < 4.78 is 5.43. The van der Waals surface area contributed by atoms with Crippen LogP contribution in [0.3, 0.4) is 0 Å². The van der Waals surface area contributed by atoms with E-state index in [2.05, 4.69) is 34.7 Å². The van der Waals surface area contributed by atoms with Gasteiger partial charge in [0.1, 0.15) is 5.75 Å². The number of aliphatic imine (C=N–C) groups is 1. The number of hydrogen-bond acceptors (Lipinski definition) is 5. The van der Waals surface area contributed by atoms with Crippen molar-refractivity contribution in [3.8, 4) is 5.75 Å². The van der Waals surface area contributed by atoms with Crippen molar-refractivity contribution in [2.24, 2.45) is 4.99 Å². The summed E-state index contributed by atoms with van der Waals surface area (Å²) >= 11 is 0. The minimum Gasteiger partial charge on any atom is -0.507 e. The molecule has 1 aliphatic heterocycles. The molecule has 28 heavy (non-hydrogen) atoms. The molecule has 0 atom stereocenters. The van der Waals surface area contributed by atoms with Crippen LogP contribution in [0.5, 0.6) is 5.75 Å². The van der Waals surface area contributed by atoms with Gasteiger partial charge in [-0.3, -0.25) is 14.7 Å². The number of hydrogen-bond donors (Lipinski definition) is 4. The lowest BCUT2D eigenvalue weighted by Gasteiger charge is -2.39. The number of benzene rings is 1.